The molecule has 7 heteroatoms. The third-order valence-electron chi connectivity index (χ3n) is 6.68. The SMILES string of the molecule is COc1ccc2cccc(OCC3CCN(CC(O)c4ccc5c(c4)NC(=O)CO5)CC3)c2c1. The second kappa shape index (κ2) is 9.91. The zero-order chi connectivity index (χ0) is 23.5. The number of aliphatic hydroxyl groups is 1. The lowest BCUT2D eigenvalue weighted by molar-refractivity contribution is -0.118. The van der Waals surface area contributed by atoms with Gasteiger partial charge in [-0.15, -0.1) is 0 Å². The molecule has 5 rings (SSSR count). The van der Waals surface area contributed by atoms with Crippen molar-refractivity contribution in [2.24, 2.45) is 5.92 Å². The van der Waals surface area contributed by atoms with Crippen LogP contribution in [0.2, 0.25) is 0 Å². The maximum Gasteiger partial charge on any atom is 0.262 e. The van der Waals surface area contributed by atoms with Crippen LogP contribution in [-0.4, -0.2) is 55.9 Å². The molecule has 1 amide bonds. The number of rotatable bonds is 7. The fourth-order valence-electron chi connectivity index (χ4n) is 4.68. The first-order valence-corrected chi connectivity index (χ1v) is 11.8. The number of piperidine rings is 1. The maximum absolute atomic E-state index is 11.6. The third-order valence-corrected chi connectivity index (χ3v) is 6.68. The lowest BCUT2D eigenvalue weighted by Crippen LogP contribution is -2.38. The van der Waals surface area contributed by atoms with Gasteiger partial charge in [0.25, 0.3) is 5.91 Å². The Bertz CT molecular complexity index is 1170. The molecular formula is C27H30N2O5. The lowest BCUT2D eigenvalue weighted by Gasteiger charge is -2.33. The van der Waals surface area contributed by atoms with Crippen LogP contribution < -0.4 is 19.5 Å². The minimum atomic E-state index is -0.623. The van der Waals surface area contributed by atoms with Gasteiger partial charge in [-0.2, -0.15) is 0 Å². The molecule has 1 saturated heterocycles. The highest BCUT2D eigenvalue weighted by Crippen LogP contribution is 2.32. The Labute approximate surface area is 199 Å². The number of amides is 1. The molecule has 2 aliphatic rings. The van der Waals surface area contributed by atoms with Crippen LogP contribution in [0.4, 0.5) is 5.69 Å². The van der Waals surface area contributed by atoms with E-state index in [2.05, 4.69) is 16.3 Å². The van der Waals surface area contributed by atoms with E-state index in [9.17, 15) is 9.90 Å². The average Bonchev–Trinajstić information content (AvgIpc) is 2.87. The molecule has 7 nitrogen and oxygen atoms in total. The van der Waals surface area contributed by atoms with Gasteiger partial charge in [-0.25, -0.2) is 0 Å². The van der Waals surface area contributed by atoms with Crippen molar-refractivity contribution in [3.63, 3.8) is 0 Å². The number of anilines is 1. The first-order chi connectivity index (χ1) is 16.6. The highest BCUT2D eigenvalue weighted by atomic mass is 16.5. The monoisotopic (exact) mass is 462 g/mol. The van der Waals surface area contributed by atoms with Crippen LogP contribution in [-0.2, 0) is 4.79 Å². The number of carbonyl (C=O) groups excluding carboxylic acids is 1. The second-order valence-corrected chi connectivity index (χ2v) is 9.01. The van der Waals surface area contributed by atoms with E-state index in [0.29, 0.717) is 30.5 Å². The fraction of sp³-hybridized carbons (Fsp3) is 0.370. The zero-order valence-electron chi connectivity index (χ0n) is 19.3. The molecule has 0 spiro atoms. The van der Waals surface area contributed by atoms with Crippen LogP contribution >= 0.6 is 0 Å². The summed E-state index contributed by atoms with van der Waals surface area (Å²) >= 11 is 0. The first-order valence-electron chi connectivity index (χ1n) is 11.8. The van der Waals surface area contributed by atoms with Crippen molar-refractivity contribution >= 4 is 22.4 Å². The summed E-state index contributed by atoms with van der Waals surface area (Å²) in [6.07, 6.45) is 1.42. The molecule has 1 atom stereocenters. The van der Waals surface area contributed by atoms with Crippen molar-refractivity contribution in [3.8, 4) is 17.2 Å². The predicted octanol–water partition coefficient (Wildman–Crippen LogP) is 4.00. The molecule has 2 heterocycles. The van der Waals surface area contributed by atoms with Gasteiger partial charge in [0, 0.05) is 11.9 Å². The summed E-state index contributed by atoms with van der Waals surface area (Å²) in [4.78, 5) is 13.9. The average molecular weight is 463 g/mol. The highest BCUT2D eigenvalue weighted by Gasteiger charge is 2.24. The van der Waals surface area contributed by atoms with Gasteiger partial charge < -0.3 is 29.5 Å². The van der Waals surface area contributed by atoms with Crippen molar-refractivity contribution in [1.82, 2.24) is 4.90 Å². The van der Waals surface area contributed by atoms with Crippen LogP contribution in [0.25, 0.3) is 10.8 Å². The summed E-state index contributed by atoms with van der Waals surface area (Å²) in [6, 6.07) is 17.6. The third kappa shape index (κ3) is 4.95. The van der Waals surface area contributed by atoms with E-state index in [1.165, 1.54) is 0 Å². The number of hydrogen-bond donors (Lipinski definition) is 2. The summed E-state index contributed by atoms with van der Waals surface area (Å²) in [5.41, 5.74) is 1.40. The van der Waals surface area contributed by atoms with Gasteiger partial charge in [-0.05, 0) is 73.1 Å². The van der Waals surface area contributed by atoms with Crippen molar-refractivity contribution in [1.29, 1.82) is 0 Å². The minimum absolute atomic E-state index is 0.0300. The molecule has 0 radical (unpaired) electrons. The Balaban J connectivity index is 1.13. The predicted molar refractivity (Wildman–Crippen MR) is 131 cm³/mol. The Kier molecular flexibility index (Phi) is 6.56. The number of hydrogen-bond acceptors (Lipinski definition) is 6. The number of methoxy groups -OCH3 is 1. The molecule has 34 heavy (non-hydrogen) atoms. The number of aliphatic hydroxyl groups excluding tert-OH is 1. The molecule has 0 bridgehead atoms. The molecule has 3 aromatic rings. The van der Waals surface area contributed by atoms with E-state index in [1.54, 1.807) is 19.2 Å². The van der Waals surface area contributed by atoms with E-state index in [1.807, 2.05) is 36.4 Å². The molecule has 1 fully saturated rings. The van der Waals surface area contributed by atoms with Gasteiger partial charge >= 0.3 is 0 Å². The lowest BCUT2D eigenvalue weighted by atomic mass is 9.97. The topological polar surface area (TPSA) is 80.3 Å². The minimum Gasteiger partial charge on any atom is -0.497 e. The Morgan fingerprint density at radius 3 is 2.82 bits per heavy atom. The van der Waals surface area contributed by atoms with Gasteiger partial charge in [-0.1, -0.05) is 24.3 Å². The Morgan fingerprint density at radius 2 is 2.00 bits per heavy atom. The first kappa shape index (κ1) is 22.5. The summed E-state index contributed by atoms with van der Waals surface area (Å²) in [6.45, 7) is 3.10. The Morgan fingerprint density at radius 1 is 1.15 bits per heavy atom. The Hall–Kier alpha value is -3.29. The molecule has 2 N–H and O–H groups in total. The molecule has 0 aliphatic carbocycles. The number of likely N-dealkylation sites (tertiary alicyclic amines) is 1. The molecule has 1 unspecified atom stereocenters. The van der Waals surface area contributed by atoms with E-state index < -0.39 is 6.10 Å². The summed E-state index contributed by atoms with van der Waals surface area (Å²) in [7, 11) is 1.67. The second-order valence-electron chi connectivity index (χ2n) is 9.01. The van der Waals surface area contributed by atoms with Crippen LogP contribution in [0.1, 0.15) is 24.5 Å². The molecule has 178 valence electrons. The fourth-order valence-corrected chi connectivity index (χ4v) is 4.68. The van der Waals surface area contributed by atoms with Crippen LogP contribution in [0, 0.1) is 5.92 Å². The number of nitrogens with zero attached hydrogens (tertiary/aromatic N) is 1. The van der Waals surface area contributed by atoms with Crippen LogP contribution in [0.3, 0.4) is 0 Å². The number of carbonyl (C=O) groups is 1. The van der Waals surface area contributed by atoms with Gasteiger partial charge in [0.2, 0.25) is 0 Å². The van der Waals surface area contributed by atoms with Crippen molar-refractivity contribution in [2.75, 3.05) is 45.3 Å². The van der Waals surface area contributed by atoms with E-state index >= 15 is 0 Å². The van der Waals surface area contributed by atoms with Gasteiger partial charge in [0.05, 0.1) is 25.5 Å². The largest absolute Gasteiger partial charge is 0.497 e. The summed E-state index contributed by atoms with van der Waals surface area (Å²) in [5, 5.41) is 15.8. The number of fused-ring (bicyclic) bond motifs is 2. The van der Waals surface area contributed by atoms with Crippen LogP contribution in [0.15, 0.2) is 54.6 Å². The van der Waals surface area contributed by atoms with E-state index in [4.69, 9.17) is 14.2 Å². The zero-order valence-corrected chi connectivity index (χ0v) is 19.3. The molecule has 0 saturated carbocycles. The smallest absolute Gasteiger partial charge is 0.262 e. The molecular weight excluding hydrogens is 432 g/mol. The number of β-amino-alcohol motifs (C(OH)–C–C–N with tert-alkyl or cyclic N) is 1. The number of nitrogens with one attached hydrogen (secondary N) is 1. The van der Waals surface area contributed by atoms with E-state index in [0.717, 1.165) is 53.8 Å². The molecule has 2 aliphatic heterocycles. The number of benzene rings is 3. The normalized spacial score (nSPS) is 17.5. The van der Waals surface area contributed by atoms with Gasteiger partial charge in [0.15, 0.2) is 6.61 Å². The van der Waals surface area contributed by atoms with Crippen molar-refractivity contribution in [2.45, 2.75) is 18.9 Å². The maximum atomic E-state index is 11.6. The summed E-state index contributed by atoms with van der Waals surface area (Å²) in [5.74, 6) is 2.65. The number of ether oxygens (including phenoxy) is 3. The van der Waals surface area contributed by atoms with Crippen molar-refractivity contribution < 1.29 is 24.1 Å². The van der Waals surface area contributed by atoms with Crippen molar-refractivity contribution in [3.05, 3.63) is 60.2 Å². The van der Waals surface area contributed by atoms with Crippen LogP contribution in [0.5, 0.6) is 17.2 Å². The molecule has 3 aromatic carbocycles. The highest BCUT2D eigenvalue weighted by molar-refractivity contribution is 5.95. The standard InChI is InChI=1S/C27H30N2O5/c1-32-21-7-5-19-3-2-4-25(22(19)14-21)33-16-18-9-11-29(12-10-18)15-24(30)20-6-8-26-23(13-20)28-27(31)17-34-26/h2-8,13-14,18,24,30H,9-12,15-17H2,1H3,(H,28,31). The molecule has 0 aromatic heterocycles. The van der Waals surface area contributed by atoms with E-state index in [-0.39, 0.29) is 12.5 Å². The summed E-state index contributed by atoms with van der Waals surface area (Å²) < 4.78 is 17.0. The quantitative estimate of drug-likeness (QED) is 0.553. The van der Waals surface area contributed by atoms with Gasteiger partial charge in [-0.3, -0.25) is 4.79 Å². The van der Waals surface area contributed by atoms with Gasteiger partial charge in [0.1, 0.15) is 17.2 Å².